The van der Waals surface area contributed by atoms with Gasteiger partial charge in [-0.25, -0.2) is 9.97 Å². The van der Waals surface area contributed by atoms with E-state index < -0.39 is 23.3 Å². The molecule has 30 heavy (non-hydrogen) atoms. The van der Waals surface area contributed by atoms with Gasteiger partial charge in [-0.3, -0.25) is 9.69 Å². The van der Waals surface area contributed by atoms with E-state index in [2.05, 4.69) is 20.2 Å². The smallest absolute Gasteiger partial charge is 0.322 e. The number of amides is 1. The number of aromatic nitrogens is 2. The summed E-state index contributed by atoms with van der Waals surface area (Å²) in [6.07, 6.45) is -3.95. The fourth-order valence-electron chi connectivity index (χ4n) is 2.81. The van der Waals surface area contributed by atoms with Gasteiger partial charge in [0.2, 0.25) is 0 Å². The summed E-state index contributed by atoms with van der Waals surface area (Å²) in [6, 6.07) is 9.44. The molecule has 0 radical (unpaired) electrons. The van der Waals surface area contributed by atoms with Crippen LogP contribution in [-0.4, -0.2) is 27.8 Å². The van der Waals surface area contributed by atoms with Crippen LogP contribution in [0.4, 0.5) is 18.9 Å². The Balaban J connectivity index is 1.70. The fourth-order valence-corrected chi connectivity index (χ4v) is 3.36. The molecule has 0 fully saturated rings. The minimum absolute atomic E-state index is 0.134. The molecule has 1 aromatic carbocycles. The Hall–Kier alpha value is -3.29. The first-order chi connectivity index (χ1) is 14.3. The number of anilines is 1. The van der Waals surface area contributed by atoms with Crippen LogP contribution in [0.15, 0.2) is 47.4 Å². The highest BCUT2D eigenvalue weighted by Gasteiger charge is 2.36. The lowest BCUT2D eigenvalue weighted by molar-refractivity contribution is -0.141. The summed E-state index contributed by atoms with van der Waals surface area (Å²) in [5.74, 6) is -0.652. The van der Waals surface area contributed by atoms with Crippen LogP contribution in [0.2, 0.25) is 0 Å². The van der Waals surface area contributed by atoms with Crippen molar-refractivity contribution in [1.82, 2.24) is 14.9 Å². The van der Waals surface area contributed by atoms with E-state index in [-0.39, 0.29) is 5.56 Å². The van der Waals surface area contributed by atoms with Gasteiger partial charge in [0, 0.05) is 30.4 Å². The highest BCUT2D eigenvalue weighted by Crippen LogP contribution is 2.30. The molecule has 0 aliphatic carbocycles. The normalized spacial score (nSPS) is 11.3. The van der Waals surface area contributed by atoms with Crippen LogP contribution in [0.1, 0.15) is 32.9 Å². The number of rotatable bonds is 6. The van der Waals surface area contributed by atoms with Gasteiger partial charge in [0.15, 0.2) is 5.69 Å². The lowest BCUT2D eigenvalue weighted by atomic mass is 10.1. The van der Waals surface area contributed by atoms with Crippen LogP contribution >= 0.6 is 11.3 Å². The highest BCUT2D eigenvalue weighted by molar-refractivity contribution is 7.07. The first-order valence-corrected chi connectivity index (χ1v) is 9.64. The summed E-state index contributed by atoms with van der Waals surface area (Å²) >= 11 is 1.53. The van der Waals surface area contributed by atoms with Gasteiger partial charge < -0.3 is 5.32 Å². The molecule has 0 atom stereocenters. The van der Waals surface area contributed by atoms with Crippen LogP contribution in [-0.2, 0) is 19.3 Å². The number of carbonyl (C=O) groups excluding carboxylic acids is 1. The van der Waals surface area contributed by atoms with Gasteiger partial charge in [-0.1, -0.05) is 12.1 Å². The van der Waals surface area contributed by atoms with Crippen molar-refractivity contribution >= 4 is 22.9 Å². The molecular formula is C20H16F3N5OS. The molecule has 0 saturated carbocycles. The van der Waals surface area contributed by atoms with Crippen LogP contribution < -0.4 is 5.32 Å². The molecule has 0 bridgehead atoms. The number of thiazole rings is 1. The topological polar surface area (TPSA) is 81.9 Å². The summed E-state index contributed by atoms with van der Waals surface area (Å²) in [7, 11) is 1.95. The van der Waals surface area contributed by atoms with E-state index in [1.807, 2.05) is 18.5 Å². The number of pyridine rings is 1. The number of hydrogen-bond acceptors (Lipinski definition) is 6. The van der Waals surface area contributed by atoms with Gasteiger partial charge in [-0.15, -0.1) is 11.3 Å². The molecule has 10 heteroatoms. The summed E-state index contributed by atoms with van der Waals surface area (Å²) < 4.78 is 38.6. The number of nitrogens with zero attached hydrogens (tertiary/aromatic N) is 4. The largest absolute Gasteiger partial charge is 0.434 e. The summed E-state index contributed by atoms with van der Waals surface area (Å²) in [5.41, 5.74) is 2.01. The van der Waals surface area contributed by atoms with Crippen LogP contribution in [0, 0.1) is 11.3 Å². The van der Waals surface area contributed by atoms with Crippen molar-refractivity contribution in [3.63, 3.8) is 0 Å². The zero-order chi connectivity index (χ0) is 21.7. The molecule has 3 aromatic rings. The number of nitriles is 1. The van der Waals surface area contributed by atoms with E-state index in [9.17, 15) is 18.0 Å². The van der Waals surface area contributed by atoms with Crippen molar-refractivity contribution in [2.75, 3.05) is 12.4 Å². The number of nitrogens with one attached hydrogen (secondary N) is 1. The molecule has 0 aliphatic rings. The Morgan fingerprint density at radius 3 is 2.73 bits per heavy atom. The van der Waals surface area contributed by atoms with Crippen molar-refractivity contribution < 1.29 is 18.0 Å². The zero-order valence-electron chi connectivity index (χ0n) is 15.8. The zero-order valence-corrected chi connectivity index (χ0v) is 16.6. The van der Waals surface area contributed by atoms with Crippen molar-refractivity contribution in [1.29, 1.82) is 5.26 Å². The third-order valence-corrected chi connectivity index (χ3v) is 4.73. The average Bonchev–Trinajstić information content (AvgIpc) is 3.19. The average molecular weight is 431 g/mol. The van der Waals surface area contributed by atoms with Crippen LogP contribution in [0.5, 0.6) is 0 Å². The molecule has 1 amide bonds. The quantitative estimate of drug-likeness (QED) is 0.629. The standard InChI is InChI=1S/C20H16F3N5OS/c1-28(10-17-11-30-12-26-17)9-13-3-2-4-16(5-13)27-19(29)15-6-14(7-24)18(25-8-15)20(21,22)23/h2-6,8,11-12H,9-10H2,1H3,(H,27,29). The summed E-state index contributed by atoms with van der Waals surface area (Å²) in [4.78, 5) is 22.0. The van der Waals surface area contributed by atoms with E-state index >= 15 is 0 Å². The molecule has 0 spiro atoms. The Kier molecular flexibility index (Phi) is 6.44. The number of hydrogen-bond donors (Lipinski definition) is 1. The van der Waals surface area contributed by atoms with E-state index in [1.54, 1.807) is 23.7 Å². The van der Waals surface area contributed by atoms with Gasteiger partial charge in [0.25, 0.3) is 5.91 Å². The Bertz CT molecular complexity index is 1080. The second-order valence-electron chi connectivity index (χ2n) is 6.54. The van der Waals surface area contributed by atoms with Gasteiger partial charge in [0.05, 0.1) is 22.3 Å². The lowest BCUT2D eigenvalue weighted by Crippen LogP contribution is -2.18. The third-order valence-electron chi connectivity index (χ3n) is 4.09. The fraction of sp³-hybridized carbons (Fsp3) is 0.200. The number of halogens is 3. The predicted molar refractivity (Wildman–Crippen MR) is 106 cm³/mol. The third kappa shape index (κ3) is 5.40. The highest BCUT2D eigenvalue weighted by atomic mass is 32.1. The Morgan fingerprint density at radius 1 is 1.27 bits per heavy atom. The first-order valence-electron chi connectivity index (χ1n) is 8.69. The molecule has 6 nitrogen and oxygen atoms in total. The molecule has 0 saturated heterocycles. The summed E-state index contributed by atoms with van der Waals surface area (Å²) in [6.45, 7) is 1.29. The lowest BCUT2D eigenvalue weighted by Gasteiger charge is -2.16. The minimum atomic E-state index is -4.76. The van der Waals surface area contributed by atoms with Crippen molar-refractivity contribution in [2.45, 2.75) is 19.3 Å². The number of benzene rings is 1. The monoisotopic (exact) mass is 431 g/mol. The van der Waals surface area contributed by atoms with E-state index in [4.69, 9.17) is 5.26 Å². The van der Waals surface area contributed by atoms with Crippen LogP contribution in [0.3, 0.4) is 0 Å². The number of carbonyl (C=O) groups is 1. The second kappa shape index (κ2) is 9.02. The maximum absolute atomic E-state index is 12.9. The van der Waals surface area contributed by atoms with Gasteiger partial charge in [0.1, 0.15) is 6.07 Å². The maximum Gasteiger partial charge on any atom is 0.434 e. The van der Waals surface area contributed by atoms with Gasteiger partial charge >= 0.3 is 6.18 Å². The second-order valence-corrected chi connectivity index (χ2v) is 7.25. The van der Waals surface area contributed by atoms with Gasteiger partial charge in [-0.05, 0) is 30.8 Å². The Labute approximate surface area is 174 Å². The van der Waals surface area contributed by atoms with Crippen LogP contribution in [0.25, 0.3) is 0 Å². The van der Waals surface area contributed by atoms with E-state index in [0.29, 0.717) is 18.8 Å². The SMILES string of the molecule is CN(Cc1cccc(NC(=O)c2cnc(C(F)(F)F)c(C#N)c2)c1)Cc1cscn1. The van der Waals surface area contributed by atoms with E-state index in [1.165, 1.54) is 17.4 Å². The number of alkyl halides is 3. The maximum atomic E-state index is 12.9. The molecule has 1 N–H and O–H groups in total. The predicted octanol–water partition coefficient (Wildman–Crippen LogP) is 4.31. The van der Waals surface area contributed by atoms with Crippen molar-refractivity contribution in [3.05, 3.63) is 75.5 Å². The first kappa shape index (κ1) is 21.4. The molecule has 0 unspecified atom stereocenters. The minimum Gasteiger partial charge on any atom is -0.322 e. The molecule has 2 heterocycles. The van der Waals surface area contributed by atoms with Gasteiger partial charge in [-0.2, -0.15) is 18.4 Å². The Morgan fingerprint density at radius 2 is 2.07 bits per heavy atom. The van der Waals surface area contributed by atoms with Crippen molar-refractivity contribution in [3.8, 4) is 6.07 Å². The van der Waals surface area contributed by atoms with Crippen molar-refractivity contribution in [2.24, 2.45) is 0 Å². The molecular weight excluding hydrogens is 415 g/mol. The molecule has 3 rings (SSSR count). The van der Waals surface area contributed by atoms with E-state index in [0.717, 1.165) is 23.5 Å². The molecule has 2 aromatic heterocycles. The molecule has 0 aliphatic heterocycles. The summed E-state index contributed by atoms with van der Waals surface area (Å²) in [5, 5.41) is 13.6. The molecule has 154 valence electrons.